The van der Waals surface area contributed by atoms with Gasteiger partial charge in [-0.15, -0.1) is 0 Å². The molecule has 1 unspecified atom stereocenters. The van der Waals surface area contributed by atoms with Crippen LogP contribution in [0.3, 0.4) is 0 Å². The third kappa shape index (κ3) is 4.70. The lowest BCUT2D eigenvalue weighted by Crippen LogP contribution is -2.59. The standard InChI is InChI=1S/C24H25F2N7/c1-15(2)22-13-32(23-12-28-20-10-17(25)18(26)11-21(20)30-23)8-9-33(22)24(29-14-27)31-19-7-5-4-6-16(19)3/h4-7,10-12,15,22H,8-9,13H2,1-3H3,(H,29,31). The fraction of sp³-hybridized carbons (Fsp3) is 0.333. The number of hydrogen-bond donors (Lipinski definition) is 1. The Bertz CT molecular complexity index is 1240. The van der Waals surface area contributed by atoms with Crippen molar-refractivity contribution in [1.29, 1.82) is 5.26 Å². The van der Waals surface area contributed by atoms with Gasteiger partial charge in [0.1, 0.15) is 5.82 Å². The Kier molecular flexibility index (Phi) is 6.36. The van der Waals surface area contributed by atoms with Gasteiger partial charge in [0.2, 0.25) is 5.96 Å². The Morgan fingerprint density at radius 1 is 1.18 bits per heavy atom. The molecule has 3 aromatic rings. The van der Waals surface area contributed by atoms with E-state index in [1.165, 1.54) is 0 Å². The van der Waals surface area contributed by atoms with Gasteiger partial charge in [-0.2, -0.15) is 5.26 Å². The predicted octanol–water partition coefficient (Wildman–Crippen LogP) is 4.12. The molecule has 1 atom stereocenters. The maximum atomic E-state index is 13.7. The molecule has 4 rings (SSSR count). The molecule has 33 heavy (non-hydrogen) atoms. The highest BCUT2D eigenvalue weighted by molar-refractivity contribution is 5.85. The first-order chi connectivity index (χ1) is 15.9. The average molecular weight is 450 g/mol. The third-order valence-electron chi connectivity index (χ3n) is 5.87. The van der Waals surface area contributed by atoms with Gasteiger partial charge in [0.15, 0.2) is 17.8 Å². The van der Waals surface area contributed by atoms with Crippen molar-refractivity contribution in [2.24, 2.45) is 10.9 Å². The van der Waals surface area contributed by atoms with Crippen LogP contribution in [0.4, 0.5) is 20.3 Å². The predicted molar refractivity (Wildman–Crippen MR) is 124 cm³/mol. The van der Waals surface area contributed by atoms with Gasteiger partial charge in [-0.05, 0) is 24.5 Å². The molecule has 0 radical (unpaired) electrons. The van der Waals surface area contributed by atoms with Crippen molar-refractivity contribution in [2.75, 3.05) is 24.5 Å². The summed E-state index contributed by atoms with van der Waals surface area (Å²) in [7, 11) is 0. The van der Waals surface area contributed by atoms with E-state index in [1.807, 2.05) is 37.4 Å². The zero-order valence-electron chi connectivity index (χ0n) is 18.8. The zero-order valence-corrected chi connectivity index (χ0v) is 18.8. The lowest BCUT2D eigenvalue weighted by Gasteiger charge is -2.44. The van der Waals surface area contributed by atoms with Gasteiger partial charge in [-0.25, -0.2) is 18.8 Å². The van der Waals surface area contributed by atoms with Crippen molar-refractivity contribution in [3.63, 3.8) is 0 Å². The van der Waals surface area contributed by atoms with Crippen LogP contribution < -0.4 is 10.2 Å². The number of halogens is 2. The molecule has 2 heterocycles. The van der Waals surface area contributed by atoms with Crippen LogP contribution in [0.2, 0.25) is 0 Å². The number of benzene rings is 2. The van der Waals surface area contributed by atoms with Crippen LogP contribution in [0.25, 0.3) is 11.0 Å². The molecule has 0 bridgehead atoms. The quantitative estimate of drug-likeness (QED) is 0.280. The van der Waals surface area contributed by atoms with Crippen molar-refractivity contribution in [3.05, 3.63) is 59.8 Å². The molecule has 1 saturated heterocycles. The molecule has 0 saturated carbocycles. The van der Waals surface area contributed by atoms with Crippen LogP contribution in [-0.4, -0.2) is 46.5 Å². The number of aromatic nitrogens is 2. The minimum atomic E-state index is -0.946. The van der Waals surface area contributed by atoms with E-state index in [2.05, 4.69) is 38.9 Å². The number of nitriles is 1. The highest BCUT2D eigenvalue weighted by Gasteiger charge is 2.32. The van der Waals surface area contributed by atoms with Crippen LogP contribution >= 0.6 is 0 Å². The van der Waals surface area contributed by atoms with Gasteiger partial charge < -0.3 is 9.80 Å². The lowest BCUT2D eigenvalue weighted by atomic mass is 9.99. The van der Waals surface area contributed by atoms with E-state index in [-0.39, 0.29) is 12.0 Å². The maximum Gasteiger partial charge on any atom is 0.212 e. The molecule has 1 aliphatic heterocycles. The average Bonchev–Trinajstić information content (AvgIpc) is 2.80. The fourth-order valence-corrected chi connectivity index (χ4v) is 4.02. The van der Waals surface area contributed by atoms with Crippen molar-refractivity contribution in [1.82, 2.24) is 20.2 Å². The second-order valence-electron chi connectivity index (χ2n) is 8.39. The smallest absolute Gasteiger partial charge is 0.212 e. The Morgan fingerprint density at radius 2 is 1.91 bits per heavy atom. The number of aliphatic imine (C=N–C) groups is 1. The van der Waals surface area contributed by atoms with Gasteiger partial charge in [0, 0.05) is 31.8 Å². The molecule has 0 aliphatic carbocycles. The molecule has 7 nitrogen and oxygen atoms in total. The number of fused-ring (bicyclic) bond motifs is 1. The monoisotopic (exact) mass is 449 g/mol. The van der Waals surface area contributed by atoms with E-state index in [4.69, 9.17) is 4.99 Å². The van der Waals surface area contributed by atoms with Crippen LogP contribution in [0.1, 0.15) is 19.4 Å². The number of para-hydroxylation sites is 1. The number of nitrogens with zero attached hydrogens (tertiary/aromatic N) is 6. The minimum Gasteiger partial charge on any atom is -0.351 e. The molecule has 9 heteroatoms. The molecule has 0 amide bonds. The second kappa shape index (κ2) is 9.36. The summed E-state index contributed by atoms with van der Waals surface area (Å²) in [6.45, 7) is 8.02. The molecule has 170 valence electrons. The summed E-state index contributed by atoms with van der Waals surface area (Å²) in [5.41, 5.74) is 2.44. The SMILES string of the molecule is Cc1ccccc1N=C(NC#N)N1CCN(c2cnc3cc(F)c(F)cc3n2)CC1C(C)C. The van der Waals surface area contributed by atoms with E-state index in [1.54, 1.807) is 6.20 Å². The van der Waals surface area contributed by atoms with Crippen LogP contribution in [0, 0.1) is 35.9 Å². The van der Waals surface area contributed by atoms with E-state index in [9.17, 15) is 14.0 Å². The number of piperazine rings is 1. The summed E-state index contributed by atoms with van der Waals surface area (Å²) < 4.78 is 27.2. The van der Waals surface area contributed by atoms with E-state index in [0.717, 1.165) is 23.4 Å². The largest absolute Gasteiger partial charge is 0.351 e. The number of guanidine groups is 1. The normalized spacial score (nSPS) is 16.9. The van der Waals surface area contributed by atoms with Gasteiger partial charge >= 0.3 is 0 Å². The first kappa shape index (κ1) is 22.4. The van der Waals surface area contributed by atoms with Crippen molar-refractivity contribution in [3.8, 4) is 6.19 Å². The minimum absolute atomic E-state index is 0.0322. The molecule has 1 N–H and O–H groups in total. The van der Waals surface area contributed by atoms with Crippen molar-refractivity contribution >= 4 is 28.5 Å². The van der Waals surface area contributed by atoms with Crippen molar-refractivity contribution in [2.45, 2.75) is 26.8 Å². The summed E-state index contributed by atoms with van der Waals surface area (Å²) in [5, 5.41) is 12.1. The Morgan fingerprint density at radius 3 is 2.61 bits per heavy atom. The van der Waals surface area contributed by atoms with Gasteiger partial charge in [0.25, 0.3) is 0 Å². The first-order valence-corrected chi connectivity index (χ1v) is 10.8. The van der Waals surface area contributed by atoms with E-state index >= 15 is 0 Å². The van der Waals surface area contributed by atoms with E-state index in [0.29, 0.717) is 42.4 Å². The maximum absolute atomic E-state index is 13.7. The van der Waals surface area contributed by atoms with Crippen molar-refractivity contribution < 1.29 is 8.78 Å². The highest BCUT2D eigenvalue weighted by atomic mass is 19.2. The molecular formula is C24H25F2N7. The molecule has 1 fully saturated rings. The number of rotatable bonds is 3. The summed E-state index contributed by atoms with van der Waals surface area (Å²) in [6, 6.07) is 9.92. The summed E-state index contributed by atoms with van der Waals surface area (Å²) in [6.07, 6.45) is 3.60. The number of anilines is 1. The Labute approximate surface area is 191 Å². The van der Waals surface area contributed by atoms with Gasteiger partial charge in [0.05, 0.1) is 29.0 Å². The fourth-order valence-electron chi connectivity index (χ4n) is 4.02. The lowest BCUT2D eigenvalue weighted by molar-refractivity contribution is 0.220. The second-order valence-corrected chi connectivity index (χ2v) is 8.39. The topological polar surface area (TPSA) is 80.4 Å². The number of nitrogens with one attached hydrogen (secondary N) is 1. The Balaban J connectivity index is 1.63. The number of hydrogen-bond acceptors (Lipinski definition) is 5. The van der Waals surface area contributed by atoms with Crippen LogP contribution in [0.5, 0.6) is 0 Å². The van der Waals surface area contributed by atoms with E-state index < -0.39 is 11.6 Å². The van der Waals surface area contributed by atoms with Gasteiger partial charge in [-0.3, -0.25) is 10.3 Å². The molecule has 1 aliphatic rings. The summed E-state index contributed by atoms with van der Waals surface area (Å²) in [4.78, 5) is 17.7. The highest BCUT2D eigenvalue weighted by Crippen LogP contribution is 2.25. The number of aryl methyl sites for hydroxylation is 1. The zero-order chi connectivity index (χ0) is 23.5. The molecule has 0 spiro atoms. The van der Waals surface area contributed by atoms with Crippen LogP contribution in [-0.2, 0) is 0 Å². The molecule has 2 aromatic carbocycles. The summed E-state index contributed by atoms with van der Waals surface area (Å²) >= 11 is 0. The Hall–Kier alpha value is -3.80. The third-order valence-corrected chi connectivity index (χ3v) is 5.87. The van der Waals surface area contributed by atoms with Crippen LogP contribution in [0.15, 0.2) is 47.6 Å². The van der Waals surface area contributed by atoms with Gasteiger partial charge in [-0.1, -0.05) is 32.0 Å². The summed E-state index contributed by atoms with van der Waals surface area (Å²) in [5.74, 6) is -0.533. The first-order valence-electron chi connectivity index (χ1n) is 10.8. The molecular weight excluding hydrogens is 424 g/mol. The molecule has 1 aromatic heterocycles.